The lowest BCUT2D eigenvalue weighted by Crippen LogP contribution is -2.47. The van der Waals surface area contributed by atoms with E-state index in [1.807, 2.05) is 7.05 Å². The monoisotopic (exact) mass is 381 g/mol. The predicted molar refractivity (Wildman–Crippen MR) is 90.7 cm³/mol. The highest BCUT2D eigenvalue weighted by Crippen LogP contribution is 2.22. The first kappa shape index (κ1) is 21.5. The van der Waals surface area contributed by atoms with Crippen LogP contribution in [0, 0.1) is 0 Å². The molecule has 0 radical (unpaired) electrons. The van der Waals surface area contributed by atoms with E-state index >= 15 is 0 Å². The van der Waals surface area contributed by atoms with Gasteiger partial charge in [0.05, 0.1) is 6.54 Å². The van der Waals surface area contributed by atoms with E-state index in [9.17, 15) is 18.0 Å². The molecule has 0 bridgehead atoms. The summed E-state index contributed by atoms with van der Waals surface area (Å²) in [4.78, 5) is 14.1. The summed E-state index contributed by atoms with van der Waals surface area (Å²) >= 11 is 0. The van der Waals surface area contributed by atoms with Gasteiger partial charge in [0.1, 0.15) is 5.75 Å². The molecule has 1 aromatic rings. The van der Waals surface area contributed by atoms with E-state index in [-0.39, 0.29) is 30.6 Å². The molecule has 0 aliphatic carbocycles. The Morgan fingerprint density at radius 1 is 1.32 bits per heavy atom. The second-order valence-corrected chi connectivity index (χ2v) is 5.83. The molecular weight excluding hydrogens is 359 g/mol. The average molecular weight is 382 g/mol. The van der Waals surface area contributed by atoms with Crippen LogP contribution in [0.3, 0.4) is 0 Å². The van der Waals surface area contributed by atoms with Gasteiger partial charge in [-0.3, -0.25) is 9.69 Å². The molecule has 0 spiro atoms. The minimum atomic E-state index is -4.70. The molecule has 9 heteroatoms. The summed E-state index contributed by atoms with van der Waals surface area (Å²) in [5.74, 6) is -0.369. The summed E-state index contributed by atoms with van der Waals surface area (Å²) in [6, 6.07) is 5.88. The molecule has 0 aromatic heterocycles. The van der Waals surface area contributed by atoms with E-state index in [2.05, 4.69) is 20.3 Å². The number of likely N-dealkylation sites (tertiary alicyclic amines) is 1. The largest absolute Gasteiger partial charge is 0.573 e. The molecule has 0 saturated carbocycles. The Balaban J connectivity index is 0.00000312. The van der Waals surface area contributed by atoms with Crippen LogP contribution in [0.2, 0.25) is 0 Å². The van der Waals surface area contributed by atoms with Crippen molar-refractivity contribution in [3.63, 3.8) is 0 Å². The van der Waals surface area contributed by atoms with Crippen molar-refractivity contribution in [3.8, 4) is 5.75 Å². The van der Waals surface area contributed by atoms with E-state index in [0.29, 0.717) is 18.2 Å². The quantitative estimate of drug-likeness (QED) is 0.794. The molecule has 1 amide bonds. The summed E-state index contributed by atoms with van der Waals surface area (Å²) in [7, 11) is 1.92. The SMILES string of the molecule is CNC1CCCN(CC(=O)NCc2ccc(OC(F)(F)F)cc2)C1.Cl. The van der Waals surface area contributed by atoms with Gasteiger partial charge in [-0.25, -0.2) is 0 Å². The van der Waals surface area contributed by atoms with E-state index in [4.69, 9.17) is 0 Å². The van der Waals surface area contributed by atoms with E-state index in [1.54, 1.807) is 0 Å². The highest BCUT2D eigenvalue weighted by molar-refractivity contribution is 5.85. The van der Waals surface area contributed by atoms with Crippen molar-refractivity contribution in [2.45, 2.75) is 31.8 Å². The number of rotatable bonds is 6. The molecule has 1 atom stereocenters. The van der Waals surface area contributed by atoms with Gasteiger partial charge in [0, 0.05) is 19.1 Å². The number of piperidine rings is 1. The number of hydrogen-bond donors (Lipinski definition) is 2. The third-order valence-electron chi connectivity index (χ3n) is 3.93. The molecule has 1 saturated heterocycles. The minimum absolute atomic E-state index is 0. The van der Waals surface area contributed by atoms with Gasteiger partial charge in [0.25, 0.3) is 0 Å². The zero-order valence-electron chi connectivity index (χ0n) is 13.9. The average Bonchev–Trinajstić information content (AvgIpc) is 2.53. The fourth-order valence-corrected chi connectivity index (χ4v) is 2.70. The maximum Gasteiger partial charge on any atom is 0.573 e. The number of alkyl halides is 3. The number of carbonyl (C=O) groups is 1. The Morgan fingerprint density at radius 3 is 2.60 bits per heavy atom. The molecule has 1 unspecified atom stereocenters. The second kappa shape index (κ2) is 9.84. The maximum atomic E-state index is 12.1. The number of likely N-dealkylation sites (N-methyl/N-ethyl adjacent to an activating group) is 1. The standard InChI is InChI=1S/C16H22F3N3O2.ClH/c1-20-13-3-2-8-22(10-13)11-15(23)21-9-12-4-6-14(7-5-12)24-16(17,18)19;/h4-7,13,20H,2-3,8-11H2,1H3,(H,21,23);1H. The lowest BCUT2D eigenvalue weighted by molar-refractivity contribution is -0.274. The van der Waals surface area contributed by atoms with Crippen LogP contribution < -0.4 is 15.4 Å². The van der Waals surface area contributed by atoms with Crippen molar-refractivity contribution in [1.29, 1.82) is 0 Å². The molecule has 1 fully saturated rings. The molecule has 2 N–H and O–H groups in total. The second-order valence-electron chi connectivity index (χ2n) is 5.83. The summed E-state index contributed by atoms with van der Waals surface area (Å²) in [5, 5.41) is 6.00. The molecule has 1 aliphatic rings. The molecule has 142 valence electrons. The van der Waals surface area contributed by atoms with Crippen molar-refractivity contribution in [2.24, 2.45) is 0 Å². The number of benzene rings is 1. The lowest BCUT2D eigenvalue weighted by atomic mass is 10.1. The van der Waals surface area contributed by atoms with Crippen LogP contribution in [0.4, 0.5) is 13.2 Å². The van der Waals surface area contributed by atoms with Gasteiger partial charge in [0.2, 0.25) is 5.91 Å². The third kappa shape index (κ3) is 7.94. The molecule has 1 heterocycles. The first-order chi connectivity index (χ1) is 11.4. The smallest absolute Gasteiger partial charge is 0.406 e. The minimum Gasteiger partial charge on any atom is -0.406 e. The van der Waals surface area contributed by atoms with Gasteiger partial charge in [-0.05, 0) is 44.1 Å². The summed E-state index contributed by atoms with van der Waals surface area (Å²) in [5.41, 5.74) is 0.713. The van der Waals surface area contributed by atoms with E-state index in [1.165, 1.54) is 24.3 Å². The van der Waals surface area contributed by atoms with Gasteiger partial charge in [-0.2, -0.15) is 0 Å². The zero-order chi connectivity index (χ0) is 17.6. The normalized spacial score (nSPS) is 18.3. The Morgan fingerprint density at radius 2 is 2.00 bits per heavy atom. The van der Waals surface area contributed by atoms with Crippen LogP contribution in [-0.2, 0) is 11.3 Å². The van der Waals surface area contributed by atoms with Gasteiger partial charge in [0.15, 0.2) is 0 Å². The molecule has 2 rings (SSSR count). The first-order valence-corrected chi connectivity index (χ1v) is 7.87. The maximum absolute atomic E-state index is 12.1. The number of nitrogens with zero attached hydrogens (tertiary/aromatic N) is 1. The van der Waals surface area contributed by atoms with Gasteiger partial charge < -0.3 is 15.4 Å². The van der Waals surface area contributed by atoms with Crippen LogP contribution in [0.1, 0.15) is 18.4 Å². The van der Waals surface area contributed by atoms with Crippen molar-refractivity contribution < 1.29 is 22.7 Å². The molecule has 1 aliphatic heterocycles. The highest BCUT2D eigenvalue weighted by atomic mass is 35.5. The van der Waals surface area contributed by atoms with Gasteiger partial charge in [-0.15, -0.1) is 25.6 Å². The topological polar surface area (TPSA) is 53.6 Å². The number of halogens is 4. The van der Waals surface area contributed by atoms with Crippen LogP contribution in [0.25, 0.3) is 0 Å². The van der Waals surface area contributed by atoms with Crippen molar-refractivity contribution in [1.82, 2.24) is 15.5 Å². The van der Waals surface area contributed by atoms with Crippen molar-refractivity contribution in [3.05, 3.63) is 29.8 Å². The fourth-order valence-electron chi connectivity index (χ4n) is 2.70. The van der Waals surface area contributed by atoms with Crippen LogP contribution in [-0.4, -0.2) is 49.9 Å². The van der Waals surface area contributed by atoms with Gasteiger partial charge in [-0.1, -0.05) is 12.1 Å². The summed E-state index contributed by atoms with van der Waals surface area (Å²) in [6.07, 6.45) is -2.53. The predicted octanol–water partition coefficient (Wildman–Crippen LogP) is 2.31. The van der Waals surface area contributed by atoms with E-state index in [0.717, 1.165) is 25.9 Å². The fraction of sp³-hybridized carbons (Fsp3) is 0.562. The molecule has 1 aromatic carbocycles. The molecule has 25 heavy (non-hydrogen) atoms. The number of hydrogen-bond acceptors (Lipinski definition) is 4. The number of carbonyl (C=O) groups excluding carboxylic acids is 1. The number of amides is 1. The van der Waals surface area contributed by atoms with Crippen LogP contribution in [0.15, 0.2) is 24.3 Å². The van der Waals surface area contributed by atoms with Gasteiger partial charge >= 0.3 is 6.36 Å². The molecule has 5 nitrogen and oxygen atoms in total. The number of ether oxygens (including phenoxy) is 1. The van der Waals surface area contributed by atoms with Crippen molar-refractivity contribution in [2.75, 3.05) is 26.7 Å². The Kier molecular flexibility index (Phi) is 8.47. The number of nitrogens with one attached hydrogen (secondary N) is 2. The Labute approximate surface area is 151 Å². The van der Waals surface area contributed by atoms with Crippen LogP contribution in [0.5, 0.6) is 5.75 Å². The zero-order valence-corrected chi connectivity index (χ0v) is 14.8. The van der Waals surface area contributed by atoms with Crippen LogP contribution >= 0.6 is 12.4 Å². The lowest BCUT2D eigenvalue weighted by Gasteiger charge is -2.31. The third-order valence-corrected chi connectivity index (χ3v) is 3.93. The Bertz CT molecular complexity index is 540. The Hall–Kier alpha value is -1.51. The van der Waals surface area contributed by atoms with Crippen molar-refractivity contribution >= 4 is 18.3 Å². The summed E-state index contributed by atoms with van der Waals surface area (Å²) < 4.78 is 40.1. The highest BCUT2D eigenvalue weighted by Gasteiger charge is 2.30. The molecular formula is C16H23ClF3N3O2. The first-order valence-electron chi connectivity index (χ1n) is 7.87. The van der Waals surface area contributed by atoms with E-state index < -0.39 is 6.36 Å². The summed E-state index contributed by atoms with van der Waals surface area (Å²) in [6.45, 7) is 2.34.